The molecule has 6 heteroatoms. The van der Waals surface area contributed by atoms with Crippen LogP contribution in [0.4, 0.5) is 11.6 Å². The number of nitrogen functional groups attached to an aromatic ring is 1. The summed E-state index contributed by atoms with van der Waals surface area (Å²) in [6, 6.07) is 0. The van der Waals surface area contributed by atoms with Crippen LogP contribution in [-0.2, 0) is 0 Å². The van der Waals surface area contributed by atoms with E-state index in [2.05, 4.69) is 36.2 Å². The molecular weight excluding hydrogens is 306 g/mol. The molecule has 3 N–H and O–H groups in total. The molecule has 19 heavy (non-hydrogen) atoms. The van der Waals surface area contributed by atoms with Crippen LogP contribution >= 0.6 is 15.9 Å². The van der Waals surface area contributed by atoms with Crippen LogP contribution in [0.2, 0.25) is 0 Å². The van der Waals surface area contributed by atoms with Gasteiger partial charge in [0.1, 0.15) is 16.6 Å². The second-order valence-electron chi connectivity index (χ2n) is 5.70. The van der Waals surface area contributed by atoms with Crippen LogP contribution in [0.25, 0.3) is 0 Å². The SMILES string of the molecule is NNc1ncnc(N2CCC3(CCCC3)CC2)c1Br. The number of aromatic nitrogens is 2. The number of halogens is 1. The molecule has 1 saturated heterocycles. The van der Waals surface area contributed by atoms with Crippen molar-refractivity contribution in [2.45, 2.75) is 38.5 Å². The predicted molar refractivity (Wildman–Crippen MR) is 79.9 cm³/mol. The van der Waals surface area contributed by atoms with Crippen molar-refractivity contribution in [1.29, 1.82) is 0 Å². The summed E-state index contributed by atoms with van der Waals surface area (Å²) in [4.78, 5) is 10.8. The molecule has 0 radical (unpaired) electrons. The maximum Gasteiger partial charge on any atom is 0.159 e. The molecule has 2 heterocycles. The molecule has 3 rings (SSSR count). The standard InChI is InChI=1S/C13H20BrN5/c14-10-11(18-15)16-9-17-12(10)19-7-5-13(6-8-19)3-1-2-4-13/h9H,1-8,15H2,(H,16,17,18). The fourth-order valence-electron chi connectivity index (χ4n) is 3.50. The maximum absolute atomic E-state index is 5.45. The molecule has 2 aliphatic rings. The lowest BCUT2D eigenvalue weighted by molar-refractivity contribution is 0.226. The van der Waals surface area contributed by atoms with Crippen molar-refractivity contribution in [3.05, 3.63) is 10.8 Å². The number of hydrogen-bond acceptors (Lipinski definition) is 5. The van der Waals surface area contributed by atoms with Gasteiger partial charge < -0.3 is 10.3 Å². The Morgan fingerprint density at radius 3 is 2.47 bits per heavy atom. The Morgan fingerprint density at radius 2 is 1.84 bits per heavy atom. The Kier molecular flexibility index (Phi) is 3.62. The number of hydrogen-bond donors (Lipinski definition) is 2. The van der Waals surface area contributed by atoms with E-state index in [0.717, 1.165) is 23.4 Å². The summed E-state index contributed by atoms with van der Waals surface area (Å²) in [5, 5.41) is 0. The highest BCUT2D eigenvalue weighted by atomic mass is 79.9. The molecule has 2 fully saturated rings. The highest BCUT2D eigenvalue weighted by molar-refractivity contribution is 9.10. The minimum atomic E-state index is 0.630. The summed E-state index contributed by atoms with van der Waals surface area (Å²) in [5.74, 6) is 7.05. The molecule has 0 aromatic carbocycles. The van der Waals surface area contributed by atoms with Crippen LogP contribution in [0.1, 0.15) is 38.5 Å². The van der Waals surface area contributed by atoms with Gasteiger partial charge in [-0.05, 0) is 47.0 Å². The zero-order chi connectivity index (χ0) is 13.3. The summed E-state index contributed by atoms with van der Waals surface area (Å²) in [7, 11) is 0. The maximum atomic E-state index is 5.45. The van der Waals surface area contributed by atoms with Crippen LogP contribution in [0, 0.1) is 5.41 Å². The van der Waals surface area contributed by atoms with E-state index >= 15 is 0 Å². The minimum Gasteiger partial charge on any atom is -0.355 e. The van der Waals surface area contributed by atoms with Crippen molar-refractivity contribution < 1.29 is 0 Å². The first-order valence-electron chi connectivity index (χ1n) is 6.96. The van der Waals surface area contributed by atoms with E-state index in [-0.39, 0.29) is 0 Å². The lowest BCUT2D eigenvalue weighted by atomic mass is 9.77. The summed E-state index contributed by atoms with van der Waals surface area (Å²) in [6.45, 7) is 2.17. The number of hydrazine groups is 1. The third-order valence-corrected chi connectivity index (χ3v) is 5.43. The largest absolute Gasteiger partial charge is 0.355 e. The Bertz CT molecular complexity index is 448. The molecule has 0 unspecified atom stereocenters. The molecule has 104 valence electrons. The second kappa shape index (κ2) is 5.25. The van der Waals surface area contributed by atoms with E-state index in [1.54, 1.807) is 6.33 Å². The van der Waals surface area contributed by atoms with Gasteiger partial charge in [0.05, 0.1) is 0 Å². The Labute approximate surface area is 122 Å². The smallest absolute Gasteiger partial charge is 0.159 e. The van der Waals surface area contributed by atoms with Crippen LogP contribution < -0.4 is 16.2 Å². The van der Waals surface area contributed by atoms with Gasteiger partial charge in [-0.15, -0.1) is 0 Å². The molecule has 1 saturated carbocycles. The van der Waals surface area contributed by atoms with Crippen molar-refractivity contribution in [2.24, 2.45) is 11.3 Å². The second-order valence-corrected chi connectivity index (χ2v) is 6.49. The first-order chi connectivity index (χ1) is 9.24. The Hall–Kier alpha value is -0.880. The van der Waals surface area contributed by atoms with Gasteiger partial charge in [-0.2, -0.15) is 0 Å². The van der Waals surface area contributed by atoms with Crippen LogP contribution in [0.3, 0.4) is 0 Å². The van der Waals surface area contributed by atoms with Crippen LogP contribution in [0.5, 0.6) is 0 Å². The number of nitrogens with zero attached hydrogens (tertiary/aromatic N) is 3. The first-order valence-corrected chi connectivity index (χ1v) is 7.75. The molecule has 1 aliphatic heterocycles. The third kappa shape index (κ3) is 2.43. The number of anilines is 2. The number of nitrogens with one attached hydrogen (secondary N) is 1. The van der Waals surface area contributed by atoms with Crippen molar-refractivity contribution in [1.82, 2.24) is 9.97 Å². The fraction of sp³-hybridized carbons (Fsp3) is 0.692. The van der Waals surface area contributed by atoms with Gasteiger partial charge in [-0.1, -0.05) is 12.8 Å². The zero-order valence-corrected chi connectivity index (χ0v) is 12.6. The lowest BCUT2D eigenvalue weighted by Gasteiger charge is -2.40. The van der Waals surface area contributed by atoms with Gasteiger partial charge in [-0.25, -0.2) is 15.8 Å². The highest BCUT2D eigenvalue weighted by Gasteiger charge is 2.37. The van der Waals surface area contributed by atoms with Gasteiger partial charge in [0, 0.05) is 13.1 Å². The van der Waals surface area contributed by atoms with Crippen LogP contribution in [-0.4, -0.2) is 23.1 Å². The van der Waals surface area contributed by atoms with E-state index < -0.39 is 0 Å². The molecule has 0 amide bonds. The van der Waals surface area contributed by atoms with Crippen molar-refractivity contribution >= 4 is 27.6 Å². The van der Waals surface area contributed by atoms with Gasteiger partial charge in [0.25, 0.3) is 0 Å². The van der Waals surface area contributed by atoms with E-state index in [9.17, 15) is 0 Å². The topological polar surface area (TPSA) is 67.1 Å². The lowest BCUT2D eigenvalue weighted by Crippen LogP contribution is -2.39. The molecular formula is C13H20BrN5. The third-order valence-electron chi connectivity index (χ3n) is 4.70. The van der Waals surface area contributed by atoms with E-state index in [1.807, 2.05) is 0 Å². The highest BCUT2D eigenvalue weighted by Crippen LogP contribution is 2.47. The molecule has 1 aromatic heterocycles. The Morgan fingerprint density at radius 1 is 1.16 bits per heavy atom. The Balaban J connectivity index is 1.74. The first kappa shape index (κ1) is 13.1. The van der Waals surface area contributed by atoms with Gasteiger partial charge in [0.2, 0.25) is 0 Å². The molecule has 0 atom stereocenters. The van der Waals surface area contributed by atoms with Crippen LogP contribution in [0.15, 0.2) is 10.8 Å². The quantitative estimate of drug-likeness (QED) is 0.646. The average molecular weight is 326 g/mol. The van der Waals surface area contributed by atoms with Gasteiger partial charge in [-0.3, -0.25) is 0 Å². The van der Waals surface area contributed by atoms with E-state index in [1.165, 1.54) is 38.5 Å². The predicted octanol–water partition coefficient (Wildman–Crippen LogP) is 2.69. The van der Waals surface area contributed by atoms with Gasteiger partial charge >= 0.3 is 0 Å². The summed E-state index contributed by atoms with van der Waals surface area (Å²) in [6.07, 6.45) is 9.80. The summed E-state index contributed by atoms with van der Waals surface area (Å²) >= 11 is 3.54. The number of piperidine rings is 1. The normalized spacial score (nSPS) is 21.9. The van der Waals surface area contributed by atoms with E-state index in [4.69, 9.17) is 5.84 Å². The zero-order valence-electron chi connectivity index (χ0n) is 11.0. The fourth-order valence-corrected chi connectivity index (χ4v) is 4.07. The van der Waals surface area contributed by atoms with Crippen molar-refractivity contribution in [3.63, 3.8) is 0 Å². The molecule has 1 aliphatic carbocycles. The number of nitrogens with two attached hydrogens (primary N) is 1. The summed E-state index contributed by atoms with van der Waals surface area (Å²) < 4.78 is 0.861. The molecule has 5 nitrogen and oxygen atoms in total. The summed E-state index contributed by atoms with van der Waals surface area (Å²) in [5.41, 5.74) is 3.23. The molecule has 1 spiro atoms. The monoisotopic (exact) mass is 325 g/mol. The minimum absolute atomic E-state index is 0.630. The van der Waals surface area contributed by atoms with Gasteiger partial charge in [0.15, 0.2) is 5.82 Å². The van der Waals surface area contributed by atoms with Crippen molar-refractivity contribution in [2.75, 3.05) is 23.4 Å². The van der Waals surface area contributed by atoms with Crippen molar-refractivity contribution in [3.8, 4) is 0 Å². The molecule has 0 bridgehead atoms. The molecule has 1 aromatic rings. The average Bonchev–Trinajstić information content (AvgIpc) is 2.89. The number of rotatable bonds is 2. The van der Waals surface area contributed by atoms with E-state index in [0.29, 0.717) is 11.2 Å².